The lowest BCUT2D eigenvalue weighted by Gasteiger charge is -2.16. The third-order valence-corrected chi connectivity index (χ3v) is 2.50. The summed E-state index contributed by atoms with van der Waals surface area (Å²) >= 11 is 0. The molecule has 0 saturated heterocycles. The molecule has 16 heavy (non-hydrogen) atoms. The molecule has 88 valence electrons. The van der Waals surface area contributed by atoms with Gasteiger partial charge in [0, 0.05) is 6.04 Å². The van der Waals surface area contributed by atoms with Crippen molar-refractivity contribution in [1.29, 1.82) is 0 Å². The maximum atomic E-state index is 9.20. The van der Waals surface area contributed by atoms with Gasteiger partial charge in [0.15, 0.2) is 11.5 Å². The van der Waals surface area contributed by atoms with E-state index in [0.29, 0.717) is 6.79 Å². The monoisotopic (exact) mass is 223 g/mol. The number of rotatable bonds is 4. The van der Waals surface area contributed by atoms with Crippen molar-refractivity contribution in [2.24, 2.45) is 0 Å². The summed E-state index contributed by atoms with van der Waals surface area (Å²) in [6.45, 7) is 4.06. The van der Waals surface area contributed by atoms with Gasteiger partial charge in [-0.25, -0.2) is 0 Å². The summed E-state index contributed by atoms with van der Waals surface area (Å²) in [6.07, 6.45) is 0.366. The van der Waals surface area contributed by atoms with E-state index in [1.165, 1.54) is 5.56 Å². The molecule has 1 aliphatic rings. The summed E-state index contributed by atoms with van der Waals surface area (Å²) < 4.78 is 10.6. The van der Waals surface area contributed by atoms with Crippen molar-refractivity contribution in [2.75, 3.05) is 6.79 Å². The lowest BCUT2D eigenvalue weighted by Crippen LogP contribution is -2.35. The van der Waals surface area contributed by atoms with E-state index in [4.69, 9.17) is 9.47 Å². The van der Waals surface area contributed by atoms with Gasteiger partial charge < -0.3 is 14.6 Å². The van der Waals surface area contributed by atoms with E-state index in [2.05, 4.69) is 5.32 Å². The van der Waals surface area contributed by atoms with Crippen LogP contribution in [0.2, 0.25) is 0 Å². The van der Waals surface area contributed by atoms with E-state index < -0.39 is 6.23 Å². The second-order valence-corrected chi connectivity index (χ2v) is 4.14. The molecule has 1 aromatic rings. The SMILES string of the molecule is CC(Cc1ccc2c(c1)OCO2)N[C@H](C)O. The predicted molar refractivity (Wildman–Crippen MR) is 60.5 cm³/mol. The zero-order valence-electron chi connectivity index (χ0n) is 9.56. The zero-order valence-corrected chi connectivity index (χ0v) is 9.56. The average Bonchev–Trinajstić information content (AvgIpc) is 2.63. The molecular formula is C12H17NO3. The lowest BCUT2D eigenvalue weighted by molar-refractivity contribution is 0.143. The Bertz CT molecular complexity index is 365. The summed E-state index contributed by atoms with van der Waals surface area (Å²) in [4.78, 5) is 0. The fourth-order valence-corrected chi connectivity index (χ4v) is 1.89. The number of nitrogens with one attached hydrogen (secondary N) is 1. The van der Waals surface area contributed by atoms with E-state index in [1.54, 1.807) is 6.92 Å². The Morgan fingerprint density at radius 2 is 2.06 bits per heavy atom. The van der Waals surface area contributed by atoms with Crippen molar-refractivity contribution >= 4 is 0 Å². The van der Waals surface area contributed by atoms with Crippen LogP contribution in [0.4, 0.5) is 0 Å². The largest absolute Gasteiger partial charge is 0.454 e. The second-order valence-electron chi connectivity index (χ2n) is 4.14. The van der Waals surface area contributed by atoms with Gasteiger partial charge in [0.05, 0.1) is 0 Å². The molecule has 1 unspecified atom stereocenters. The van der Waals surface area contributed by atoms with Crippen LogP contribution in [-0.4, -0.2) is 24.2 Å². The molecule has 0 aliphatic carbocycles. The molecule has 0 bridgehead atoms. The van der Waals surface area contributed by atoms with E-state index in [0.717, 1.165) is 17.9 Å². The van der Waals surface area contributed by atoms with E-state index >= 15 is 0 Å². The number of aliphatic hydroxyl groups is 1. The summed E-state index contributed by atoms with van der Waals surface area (Å²) in [5.41, 5.74) is 1.17. The molecule has 0 amide bonds. The molecule has 0 spiro atoms. The first-order valence-corrected chi connectivity index (χ1v) is 5.48. The summed E-state index contributed by atoms with van der Waals surface area (Å²) in [5.74, 6) is 1.61. The van der Waals surface area contributed by atoms with Crippen LogP contribution in [0.1, 0.15) is 19.4 Å². The highest BCUT2D eigenvalue weighted by atomic mass is 16.7. The number of benzene rings is 1. The number of fused-ring (bicyclic) bond motifs is 1. The maximum absolute atomic E-state index is 9.20. The molecular weight excluding hydrogens is 206 g/mol. The predicted octanol–water partition coefficient (Wildman–Crippen LogP) is 1.27. The van der Waals surface area contributed by atoms with E-state index in [-0.39, 0.29) is 6.04 Å². The minimum absolute atomic E-state index is 0.223. The molecule has 2 rings (SSSR count). The molecule has 4 nitrogen and oxygen atoms in total. The molecule has 1 heterocycles. The highest BCUT2D eigenvalue weighted by Crippen LogP contribution is 2.32. The van der Waals surface area contributed by atoms with Gasteiger partial charge in [-0.15, -0.1) is 0 Å². The van der Waals surface area contributed by atoms with Crippen molar-refractivity contribution in [3.63, 3.8) is 0 Å². The van der Waals surface area contributed by atoms with Crippen LogP contribution in [0, 0.1) is 0 Å². The average molecular weight is 223 g/mol. The molecule has 1 aromatic carbocycles. The van der Waals surface area contributed by atoms with Crippen molar-refractivity contribution in [1.82, 2.24) is 5.32 Å². The number of ether oxygens (including phenoxy) is 2. The van der Waals surface area contributed by atoms with Crippen LogP contribution >= 0.6 is 0 Å². The Morgan fingerprint density at radius 3 is 2.81 bits per heavy atom. The Labute approximate surface area is 95.2 Å². The molecule has 4 heteroatoms. The molecule has 0 aromatic heterocycles. The first-order valence-electron chi connectivity index (χ1n) is 5.48. The third-order valence-electron chi connectivity index (χ3n) is 2.50. The first-order chi connectivity index (χ1) is 7.65. The molecule has 1 aliphatic heterocycles. The highest BCUT2D eigenvalue weighted by molar-refractivity contribution is 5.44. The number of aliphatic hydroxyl groups excluding tert-OH is 1. The van der Waals surface area contributed by atoms with Gasteiger partial charge in [-0.3, -0.25) is 5.32 Å². The van der Waals surface area contributed by atoms with Crippen LogP contribution in [0.3, 0.4) is 0 Å². The minimum Gasteiger partial charge on any atom is -0.454 e. The minimum atomic E-state index is -0.482. The number of hydrogen-bond acceptors (Lipinski definition) is 4. The highest BCUT2D eigenvalue weighted by Gasteiger charge is 2.14. The molecule has 0 saturated carbocycles. The Kier molecular flexibility index (Phi) is 3.31. The van der Waals surface area contributed by atoms with E-state index in [9.17, 15) is 5.11 Å². The standard InChI is InChI=1S/C12H17NO3/c1-8(13-9(2)14)5-10-3-4-11-12(6-10)16-7-15-11/h3-4,6,8-9,13-14H,5,7H2,1-2H3/t8?,9-/m0/s1. The van der Waals surface area contributed by atoms with Crippen molar-refractivity contribution in [3.05, 3.63) is 23.8 Å². The Balaban J connectivity index is 1.99. The van der Waals surface area contributed by atoms with Crippen molar-refractivity contribution < 1.29 is 14.6 Å². The first kappa shape index (κ1) is 11.2. The topological polar surface area (TPSA) is 50.7 Å². The smallest absolute Gasteiger partial charge is 0.231 e. The van der Waals surface area contributed by atoms with Gasteiger partial charge in [0.1, 0.15) is 6.23 Å². The van der Waals surface area contributed by atoms with Gasteiger partial charge >= 0.3 is 0 Å². The molecule has 0 fully saturated rings. The van der Waals surface area contributed by atoms with Gasteiger partial charge in [-0.2, -0.15) is 0 Å². The normalized spacial score (nSPS) is 17.2. The second kappa shape index (κ2) is 4.72. The fourth-order valence-electron chi connectivity index (χ4n) is 1.89. The van der Waals surface area contributed by atoms with Crippen LogP contribution in [0.15, 0.2) is 18.2 Å². The van der Waals surface area contributed by atoms with Crippen LogP contribution in [0.25, 0.3) is 0 Å². The maximum Gasteiger partial charge on any atom is 0.231 e. The Hall–Kier alpha value is -1.26. The van der Waals surface area contributed by atoms with Crippen molar-refractivity contribution in [3.8, 4) is 11.5 Å². The third kappa shape index (κ3) is 2.65. The van der Waals surface area contributed by atoms with Gasteiger partial charge in [-0.05, 0) is 38.0 Å². The quantitative estimate of drug-likeness (QED) is 0.755. The molecule has 2 N–H and O–H groups in total. The van der Waals surface area contributed by atoms with Gasteiger partial charge in [-0.1, -0.05) is 6.07 Å². The van der Waals surface area contributed by atoms with Gasteiger partial charge in [0.25, 0.3) is 0 Å². The fraction of sp³-hybridized carbons (Fsp3) is 0.500. The summed E-state index contributed by atoms with van der Waals surface area (Å²) in [7, 11) is 0. The zero-order chi connectivity index (χ0) is 11.5. The molecule has 2 atom stereocenters. The van der Waals surface area contributed by atoms with Crippen LogP contribution in [-0.2, 0) is 6.42 Å². The summed E-state index contributed by atoms with van der Waals surface area (Å²) in [6, 6.07) is 6.16. The number of hydrogen-bond donors (Lipinski definition) is 2. The summed E-state index contributed by atoms with van der Waals surface area (Å²) in [5, 5.41) is 12.2. The Morgan fingerprint density at radius 1 is 1.31 bits per heavy atom. The van der Waals surface area contributed by atoms with Gasteiger partial charge in [0.2, 0.25) is 6.79 Å². The lowest BCUT2D eigenvalue weighted by atomic mass is 10.1. The van der Waals surface area contributed by atoms with Crippen LogP contribution < -0.4 is 14.8 Å². The van der Waals surface area contributed by atoms with Crippen molar-refractivity contribution in [2.45, 2.75) is 32.5 Å². The van der Waals surface area contributed by atoms with E-state index in [1.807, 2.05) is 25.1 Å². The van der Waals surface area contributed by atoms with Crippen LogP contribution in [0.5, 0.6) is 11.5 Å². The molecule has 0 radical (unpaired) electrons.